The second kappa shape index (κ2) is 7.78. The van der Waals surface area contributed by atoms with E-state index in [1.165, 1.54) is 5.56 Å². The molecule has 0 aromatic heterocycles. The van der Waals surface area contributed by atoms with Crippen LogP contribution in [0.4, 0.5) is 0 Å². The molecule has 1 saturated carbocycles. The molecule has 0 radical (unpaired) electrons. The zero-order valence-corrected chi connectivity index (χ0v) is 15.4. The molecule has 1 aliphatic carbocycles. The molecule has 2 heterocycles. The van der Waals surface area contributed by atoms with Gasteiger partial charge in [0.25, 0.3) is 0 Å². The van der Waals surface area contributed by atoms with Crippen LogP contribution in [0.15, 0.2) is 30.3 Å². The molecular weight excluding hydrogens is 326 g/mol. The van der Waals surface area contributed by atoms with E-state index in [-0.39, 0.29) is 29.8 Å². The van der Waals surface area contributed by atoms with Gasteiger partial charge in [-0.3, -0.25) is 14.5 Å². The molecule has 3 fully saturated rings. The normalized spacial score (nSPS) is 24.6. The molecule has 4 rings (SSSR count). The van der Waals surface area contributed by atoms with Gasteiger partial charge >= 0.3 is 0 Å². The molecule has 1 atom stereocenters. The van der Waals surface area contributed by atoms with Crippen molar-refractivity contribution in [1.29, 1.82) is 0 Å². The van der Waals surface area contributed by atoms with Crippen LogP contribution < -0.4 is 5.32 Å². The van der Waals surface area contributed by atoms with E-state index >= 15 is 0 Å². The summed E-state index contributed by atoms with van der Waals surface area (Å²) >= 11 is 0. The summed E-state index contributed by atoms with van der Waals surface area (Å²) in [5.41, 5.74) is 1.27. The van der Waals surface area contributed by atoms with E-state index < -0.39 is 0 Å². The van der Waals surface area contributed by atoms with Gasteiger partial charge in [-0.2, -0.15) is 0 Å². The van der Waals surface area contributed by atoms with Crippen LogP contribution in [-0.4, -0.2) is 53.3 Å². The molecule has 0 unspecified atom stereocenters. The molecule has 0 bridgehead atoms. The number of nitrogens with one attached hydrogen (secondary N) is 1. The summed E-state index contributed by atoms with van der Waals surface area (Å²) in [6.45, 7) is 3.39. The van der Waals surface area contributed by atoms with Crippen LogP contribution in [0.5, 0.6) is 0 Å². The smallest absolute Gasteiger partial charge is 0.239 e. The van der Waals surface area contributed by atoms with Crippen LogP contribution in [0.1, 0.15) is 44.1 Å². The molecule has 1 N–H and O–H groups in total. The standard InChI is InChI=1S/C21H29N3O2/c25-20(17-8-9-17)22-18-10-13-23(14-11-18)21(26)19-7-4-12-24(19)15-16-5-2-1-3-6-16/h1-3,5-6,17-19H,4,7-15H2,(H,22,25)/t19-/m1/s1. The van der Waals surface area contributed by atoms with E-state index in [4.69, 9.17) is 0 Å². The molecule has 5 heteroatoms. The molecule has 140 valence electrons. The van der Waals surface area contributed by atoms with Crippen molar-refractivity contribution in [3.8, 4) is 0 Å². The van der Waals surface area contributed by atoms with Gasteiger partial charge in [0.05, 0.1) is 6.04 Å². The maximum Gasteiger partial charge on any atom is 0.239 e. The van der Waals surface area contributed by atoms with E-state index in [0.717, 1.165) is 64.7 Å². The average molecular weight is 355 g/mol. The molecule has 2 aliphatic heterocycles. The quantitative estimate of drug-likeness (QED) is 0.881. The van der Waals surface area contributed by atoms with Crippen molar-refractivity contribution in [2.75, 3.05) is 19.6 Å². The molecule has 1 aromatic rings. The number of benzene rings is 1. The first kappa shape index (κ1) is 17.5. The first-order valence-corrected chi connectivity index (χ1v) is 10.1. The zero-order valence-electron chi connectivity index (χ0n) is 15.4. The number of piperidine rings is 1. The largest absolute Gasteiger partial charge is 0.353 e. The van der Waals surface area contributed by atoms with Crippen LogP contribution in [0.25, 0.3) is 0 Å². The van der Waals surface area contributed by atoms with Gasteiger partial charge in [0, 0.05) is 31.6 Å². The highest BCUT2D eigenvalue weighted by molar-refractivity contribution is 5.83. The van der Waals surface area contributed by atoms with E-state index in [1.807, 2.05) is 11.0 Å². The highest BCUT2D eigenvalue weighted by Gasteiger charge is 2.36. The van der Waals surface area contributed by atoms with E-state index in [9.17, 15) is 9.59 Å². The maximum atomic E-state index is 13.0. The highest BCUT2D eigenvalue weighted by atomic mass is 16.2. The summed E-state index contributed by atoms with van der Waals surface area (Å²) in [6.07, 6.45) is 5.91. The van der Waals surface area contributed by atoms with Crippen molar-refractivity contribution in [2.24, 2.45) is 5.92 Å². The molecule has 5 nitrogen and oxygen atoms in total. The summed E-state index contributed by atoms with van der Waals surface area (Å²) in [7, 11) is 0. The third-order valence-corrected chi connectivity index (χ3v) is 5.98. The van der Waals surface area contributed by atoms with Crippen molar-refractivity contribution >= 4 is 11.8 Å². The summed E-state index contributed by atoms with van der Waals surface area (Å²) < 4.78 is 0. The summed E-state index contributed by atoms with van der Waals surface area (Å²) in [5, 5.41) is 3.16. The zero-order chi connectivity index (χ0) is 17.9. The third kappa shape index (κ3) is 4.09. The molecule has 1 aromatic carbocycles. The predicted molar refractivity (Wildman–Crippen MR) is 100 cm³/mol. The SMILES string of the molecule is O=C(NC1CCN(C(=O)[C@H]2CCCN2Cc2ccccc2)CC1)C1CC1. The maximum absolute atomic E-state index is 13.0. The first-order chi connectivity index (χ1) is 12.7. The lowest BCUT2D eigenvalue weighted by Gasteiger charge is -2.35. The first-order valence-electron chi connectivity index (χ1n) is 10.1. The predicted octanol–water partition coefficient (Wildman–Crippen LogP) is 2.17. The lowest BCUT2D eigenvalue weighted by atomic mass is 10.0. The Labute approximate surface area is 155 Å². The second-order valence-electron chi connectivity index (χ2n) is 8.00. The van der Waals surface area contributed by atoms with Gasteiger partial charge in [0.1, 0.15) is 0 Å². The van der Waals surface area contributed by atoms with Gasteiger partial charge in [-0.05, 0) is 50.6 Å². The number of likely N-dealkylation sites (tertiary alicyclic amines) is 2. The van der Waals surface area contributed by atoms with Gasteiger partial charge in [0.15, 0.2) is 0 Å². The van der Waals surface area contributed by atoms with E-state index in [0.29, 0.717) is 0 Å². The fourth-order valence-corrected chi connectivity index (χ4v) is 4.23. The van der Waals surface area contributed by atoms with Gasteiger partial charge in [-0.1, -0.05) is 30.3 Å². The van der Waals surface area contributed by atoms with Crippen LogP contribution in [0.2, 0.25) is 0 Å². The number of carbonyl (C=O) groups is 2. The van der Waals surface area contributed by atoms with E-state index in [2.05, 4.69) is 34.5 Å². The Bertz CT molecular complexity index is 636. The Morgan fingerprint density at radius 3 is 2.38 bits per heavy atom. The Balaban J connectivity index is 1.29. The van der Waals surface area contributed by atoms with Gasteiger partial charge in [0.2, 0.25) is 11.8 Å². The average Bonchev–Trinajstić information content (AvgIpc) is 3.43. The van der Waals surface area contributed by atoms with Crippen LogP contribution in [-0.2, 0) is 16.1 Å². The lowest BCUT2D eigenvalue weighted by molar-refractivity contribution is -0.137. The number of carbonyl (C=O) groups excluding carboxylic acids is 2. The minimum Gasteiger partial charge on any atom is -0.353 e. The Morgan fingerprint density at radius 1 is 0.962 bits per heavy atom. The second-order valence-corrected chi connectivity index (χ2v) is 8.00. The summed E-state index contributed by atoms with van der Waals surface area (Å²) in [4.78, 5) is 29.3. The van der Waals surface area contributed by atoms with Crippen molar-refractivity contribution < 1.29 is 9.59 Å². The number of hydrogen-bond acceptors (Lipinski definition) is 3. The van der Waals surface area contributed by atoms with Crippen molar-refractivity contribution in [3.63, 3.8) is 0 Å². The fourth-order valence-electron chi connectivity index (χ4n) is 4.23. The Morgan fingerprint density at radius 2 is 1.69 bits per heavy atom. The number of rotatable bonds is 5. The topological polar surface area (TPSA) is 52.7 Å². The molecular formula is C21H29N3O2. The van der Waals surface area contributed by atoms with Crippen molar-refractivity contribution in [1.82, 2.24) is 15.1 Å². The molecule has 2 saturated heterocycles. The van der Waals surface area contributed by atoms with Crippen molar-refractivity contribution in [3.05, 3.63) is 35.9 Å². The van der Waals surface area contributed by atoms with Gasteiger partial charge < -0.3 is 10.2 Å². The number of hydrogen-bond donors (Lipinski definition) is 1. The minimum absolute atomic E-state index is 0.0211. The third-order valence-electron chi connectivity index (χ3n) is 5.98. The molecule has 0 spiro atoms. The molecule has 3 aliphatic rings. The lowest BCUT2D eigenvalue weighted by Crippen LogP contribution is -2.51. The summed E-state index contributed by atoms with van der Waals surface area (Å²) in [5.74, 6) is 0.768. The Hall–Kier alpha value is -1.88. The minimum atomic E-state index is 0.0211. The highest BCUT2D eigenvalue weighted by Crippen LogP contribution is 2.29. The van der Waals surface area contributed by atoms with Gasteiger partial charge in [-0.25, -0.2) is 0 Å². The number of amides is 2. The number of nitrogens with zero attached hydrogens (tertiary/aromatic N) is 2. The van der Waals surface area contributed by atoms with Crippen LogP contribution in [0, 0.1) is 5.92 Å². The van der Waals surface area contributed by atoms with Crippen molar-refractivity contribution in [2.45, 2.75) is 57.2 Å². The Kier molecular flexibility index (Phi) is 5.25. The van der Waals surface area contributed by atoms with Crippen LogP contribution >= 0.6 is 0 Å². The summed E-state index contributed by atoms with van der Waals surface area (Å²) in [6, 6.07) is 10.7. The molecule has 26 heavy (non-hydrogen) atoms. The molecule has 2 amide bonds. The van der Waals surface area contributed by atoms with E-state index in [1.54, 1.807) is 0 Å². The monoisotopic (exact) mass is 355 g/mol. The van der Waals surface area contributed by atoms with Gasteiger partial charge in [-0.15, -0.1) is 0 Å². The fraction of sp³-hybridized carbons (Fsp3) is 0.619. The van der Waals surface area contributed by atoms with Crippen LogP contribution in [0.3, 0.4) is 0 Å².